The first-order chi connectivity index (χ1) is 9.81. The summed E-state index contributed by atoms with van der Waals surface area (Å²) < 4.78 is 41.8. The molecule has 0 saturated carbocycles. The number of thioether (sulfide) groups is 1. The minimum Gasteiger partial charge on any atom is -0.326 e. The number of hydrogen-bond donors (Lipinski definition) is 2. The van der Waals surface area contributed by atoms with Crippen LogP contribution in [0.15, 0.2) is 21.5 Å². The normalized spacial score (nSPS) is 13.4. The first-order valence-electron chi connectivity index (χ1n) is 6.59. The highest BCUT2D eigenvalue weighted by Crippen LogP contribution is 2.24. The number of rotatable bonds is 8. The third-order valence-corrected chi connectivity index (χ3v) is 5.82. The maximum Gasteiger partial charge on any atom is 0.243 e. The van der Waals surface area contributed by atoms with E-state index in [4.69, 9.17) is 5.73 Å². The van der Waals surface area contributed by atoms with E-state index >= 15 is 0 Å². The second-order valence-electron chi connectivity index (χ2n) is 4.59. The molecule has 21 heavy (non-hydrogen) atoms. The molecule has 0 aromatic heterocycles. The number of benzene rings is 1. The minimum atomic E-state index is -3.90. The van der Waals surface area contributed by atoms with Crippen molar-refractivity contribution in [3.63, 3.8) is 0 Å². The van der Waals surface area contributed by atoms with Gasteiger partial charge in [-0.05, 0) is 37.0 Å². The van der Waals surface area contributed by atoms with E-state index in [1.807, 2.05) is 6.92 Å². The molecule has 0 fully saturated rings. The van der Waals surface area contributed by atoms with Crippen molar-refractivity contribution in [3.05, 3.63) is 28.0 Å². The maximum absolute atomic E-state index is 14.2. The van der Waals surface area contributed by atoms with Crippen molar-refractivity contribution in [1.29, 1.82) is 0 Å². The molecule has 4 nitrogen and oxygen atoms in total. The number of nitrogens with one attached hydrogen (secondary N) is 1. The smallest absolute Gasteiger partial charge is 0.243 e. The van der Waals surface area contributed by atoms with Crippen LogP contribution >= 0.6 is 27.7 Å². The third-order valence-electron chi connectivity index (χ3n) is 2.84. The summed E-state index contributed by atoms with van der Waals surface area (Å²) in [6.45, 7) is 3.76. The first-order valence-corrected chi connectivity index (χ1v) is 10.0. The van der Waals surface area contributed by atoms with Crippen molar-refractivity contribution in [2.75, 3.05) is 11.5 Å². The molecular weight excluding hydrogens is 379 g/mol. The van der Waals surface area contributed by atoms with Gasteiger partial charge in [-0.15, -0.1) is 0 Å². The Kier molecular flexibility index (Phi) is 7.63. The number of halogens is 2. The predicted octanol–water partition coefficient (Wildman–Crippen LogP) is 2.86. The van der Waals surface area contributed by atoms with E-state index in [0.29, 0.717) is 10.9 Å². The molecule has 1 aromatic carbocycles. The van der Waals surface area contributed by atoms with E-state index in [9.17, 15) is 12.8 Å². The highest BCUT2D eigenvalue weighted by molar-refractivity contribution is 9.10. The Labute approximate surface area is 138 Å². The lowest BCUT2D eigenvalue weighted by atomic mass is 10.2. The fourth-order valence-corrected chi connectivity index (χ4v) is 4.64. The molecule has 8 heteroatoms. The van der Waals surface area contributed by atoms with Gasteiger partial charge in [0.15, 0.2) is 0 Å². The molecule has 0 amide bonds. The molecule has 0 radical (unpaired) electrons. The van der Waals surface area contributed by atoms with Gasteiger partial charge in [0.05, 0.1) is 0 Å². The van der Waals surface area contributed by atoms with Crippen LogP contribution in [0.25, 0.3) is 0 Å². The zero-order valence-corrected chi connectivity index (χ0v) is 15.2. The van der Waals surface area contributed by atoms with Gasteiger partial charge < -0.3 is 5.73 Å². The van der Waals surface area contributed by atoms with E-state index in [2.05, 4.69) is 20.7 Å². The lowest BCUT2D eigenvalue weighted by Gasteiger charge is -2.15. The molecule has 0 bridgehead atoms. The molecule has 1 atom stereocenters. The van der Waals surface area contributed by atoms with Gasteiger partial charge in [0, 0.05) is 22.6 Å². The Morgan fingerprint density at radius 1 is 1.48 bits per heavy atom. The summed E-state index contributed by atoms with van der Waals surface area (Å²) in [4.78, 5) is -0.368. The molecule has 1 aromatic rings. The van der Waals surface area contributed by atoms with Crippen molar-refractivity contribution >= 4 is 37.7 Å². The lowest BCUT2D eigenvalue weighted by Crippen LogP contribution is -2.33. The number of hydrogen-bond acceptors (Lipinski definition) is 4. The molecule has 0 aliphatic carbocycles. The van der Waals surface area contributed by atoms with Crippen LogP contribution in [-0.2, 0) is 16.6 Å². The highest BCUT2D eigenvalue weighted by atomic mass is 79.9. The van der Waals surface area contributed by atoms with Gasteiger partial charge >= 0.3 is 0 Å². The molecule has 3 N–H and O–H groups in total. The molecular formula is C13H20BrFN2O2S2. The van der Waals surface area contributed by atoms with Crippen LogP contribution < -0.4 is 10.5 Å². The number of sulfonamides is 1. The minimum absolute atomic E-state index is 0.0590. The van der Waals surface area contributed by atoms with Crippen molar-refractivity contribution < 1.29 is 12.8 Å². The summed E-state index contributed by atoms with van der Waals surface area (Å²) >= 11 is 4.92. The predicted molar refractivity (Wildman–Crippen MR) is 89.4 cm³/mol. The monoisotopic (exact) mass is 398 g/mol. The fraction of sp³-hybridized carbons (Fsp3) is 0.538. The lowest BCUT2D eigenvalue weighted by molar-refractivity contribution is 0.535. The van der Waals surface area contributed by atoms with E-state index < -0.39 is 15.8 Å². The zero-order chi connectivity index (χ0) is 16.0. The molecule has 0 aliphatic rings. The molecule has 0 spiro atoms. The molecule has 1 rings (SSSR count). The first kappa shape index (κ1) is 18.9. The largest absolute Gasteiger partial charge is 0.326 e. The maximum atomic E-state index is 14.2. The Hall–Kier alpha value is -0.150. The topological polar surface area (TPSA) is 72.2 Å². The van der Waals surface area contributed by atoms with Gasteiger partial charge in [-0.1, -0.05) is 22.9 Å². The molecule has 1 unspecified atom stereocenters. The van der Waals surface area contributed by atoms with Gasteiger partial charge in [-0.25, -0.2) is 17.5 Å². The van der Waals surface area contributed by atoms with Crippen LogP contribution in [0.1, 0.15) is 25.8 Å². The zero-order valence-electron chi connectivity index (χ0n) is 12.0. The Morgan fingerprint density at radius 3 is 2.71 bits per heavy atom. The van der Waals surface area contributed by atoms with Gasteiger partial charge in [-0.3, -0.25) is 0 Å². The summed E-state index contributed by atoms with van der Waals surface area (Å²) in [5, 5.41) is 0. The SMILES string of the molecule is CCSCCC(C)NS(=O)(=O)c1cc(Br)cc(CN)c1F. The number of nitrogens with two attached hydrogens (primary N) is 1. The van der Waals surface area contributed by atoms with Crippen LogP contribution in [0.5, 0.6) is 0 Å². The van der Waals surface area contributed by atoms with Gasteiger partial charge in [0.25, 0.3) is 0 Å². The van der Waals surface area contributed by atoms with Crippen molar-refractivity contribution in [3.8, 4) is 0 Å². The molecule has 120 valence electrons. The molecule has 0 aliphatic heterocycles. The van der Waals surface area contributed by atoms with Gasteiger partial charge in [0.1, 0.15) is 10.7 Å². The highest BCUT2D eigenvalue weighted by Gasteiger charge is 2.23. The summed E-state index contributed by atoms with van der Waals surface area (Å²) in [6, 6.07) is 2.48. The quantitative estimate of drug-likeness (QED) is 0.660. The average molecular weight is 399 g/mol. The third kappa shape index (κ3) is 5.52. The summed E-state index contributed by atoms with van der Waals surface area (Å²) in [7, 11) is -3.90. The standard InChI is InChI=1S/C13H20BrFN2O2S2/c1-3-20-5-4-9(2)17-21(18,19)12-7-11(14)6-10(8-16)13(12)15/h6-7,9,17H,3-5,8,16H2,1-2H3. The molecule has 0 heterocycles. The van der Waals surface area contributed by atoms with E-state index in [-0.39, 0.29) is 23.0 Å². The van der Waals surface area contributed by atoms with Crippen molar-refractivity contribution in [2.24, 2.45) is 5.73 Å². The summed E-state index contributed by atoms with van der Waals surface area (Å²) in [5.74, 6) is 1.05. The Morgan fingerprint density at radius 2 is 2.14 bits per heavy atom. The van der Waals surface area contributed by atoms with Crippen LogP contribution in [0, 0.1) is 5.82 Å². The second kappa shape index (κ2) is 8.47. The Balaban J connectivity index is 2.95. The van der Waals surface area contributed by atoms with E-state index in [1.54, 1.807) is 18.7 Å². The summed E-state index contributed by atoms with van der Waals surface area (Å²) in [5.41, 5.74) is 5.60. The Bertz CT molecular complexity index is 582. The van der Waals surface area contributed by atoms with Crippen molar-refractivity contribution in [1.82, 2.24) is 4.72 Å². The summed E-state index contributed by atoms with van der Waals surface area (Å²) in [6.07, 6.45) is 0.692. The van der Waals surface area contributed by atoms with Gasteiger partial charge in [0.2, 0.25) is 10.0 Å². The fourth-order valence-electron chi connectivity index (χ4n) is 1.75. The van der Waals surface area contributed by atoms with Crippen LogP contribution in [0.3, 0.4) is 0 Å². The average Bonchev–Trinajstić information content (AvgIpc) is 2.40. The van der Waals surface area contributed by atoms with E-state index in [0.717, 1.165) is 11.5 Å². The second-order valence-corrected chi connectivity index (χ2v) is 8.58. The van der Waals surface area contributed by atoms with Crippen LogP contribution in [0.2, 0.25) is 0 Å². The molecule has 0 saturated heterocycles. The van der Waals surface area contributed by atoms with Crippen LogP contribution in [0.4, 0.5) is 4.39 Å². The van der Waals surface area contributed by atoms with Crippen molar-refractivity contribution in [2.45, 2.75) is 37.8 Å². The van der Waals surface area contributed by atoms with E-state index in [1.165, 1.54) is 12.1 Å². The van der Waals surface area contributed by atoms with Gasteiger partial charge in [-0.2, -0.15) is 11.8 Å². The van der Waals surface area contributed by atoms with Crippen LogP contribution in [-0.4, -0.2) is 26.0 Å².